The second-order valence-electron chi connectivity index (χ2n) is 5.29. The second kappa shape index (κ2) is 5.96. The largest absolute Gasteiger partial charge is 0.454 e. The number of hydrogen-bond acceptors (Lipinski definition) is 3. The van der Waals surface area contributed by atoms with Crippen molar-refractivity contribution in [3.63, 3.8) is 0 Å². The summed E-state index contributed by atoms with van der Waals surface area (Å²) in [6.45, 7) is 5.33. The summed E-state index contributed by atoms with van der Waals surface area (Å²) in [5.41, 5.74) is 3.64. The van der Waals surface area contributed by atoms with Crippen LogP contribution in [0.1, 0.15) is 29.7 Å². The smallest absolute Gasteiger partial charge is 0.231 e. The zero-order valence-electron chi connectivity index (χ0n) is 12.2. The van der Waals surface area contributed by atoms with Crippen LogP contribution in [0.2, 0.25) is 5.02 Å². The van der Waals surface area contributed by atoms with E-state index >= 15 is 0 Å². The van der Waals surface area contributed by atoms with Crippen LogP contribution in [0.5, 0.6) is 11.5 Å². The molecule has 110 valence electrons. The van der Waals surface area contributed by atoms with Gasteiger partial charge in [0.25, 0.3) is 0 Å². The van der Waals surface area contributed by atoms with Gasteiger partial charge < -0.3 is 14.8 Å². The van der Waals surface area contributed by atoms with Crippen LogP contribution in [0.25, 0.3) is 0 Å². The molecule has 3 rings (SSSR count). The van der Waals surface area contributed by atoms with Crippen molar-refractivity contribution in [2.75, 3.05) is 6.79 Å². The number of halogens is 1. The van der Waals surface area contributed by atoms with Crippen molar-refractivity contribution < 1.29 is 9.47 Å². The predicted molar refractivity (Wildman–Crippen MR) is 84.0 cm³/mol. The Morgan fingerprint density at radius 3 is 2.76 bits per heavy atom. The van der Waals surface area contributed by atoms with Crippen LogP contribution < -0.4 is 14.8 Å². The Hall–Kier alpha value is -1.71. The maximum atomic E-state index is 5.98. The van der Waals surface area contributed by atoms with E-state index in [9.17, 15) is 0 Å². The summed E-state index contributed by atoms with van der Waals surface area (Å²) in [6.07, 6.45) is 0. The molecular weight excluding hydrogens is 286 g/mol. The Morgan fingerprint density at radius 2 is 1.95 bits per heavy atom. The quantitative estimate of drug-likeness (QED) is 0.917. The molecule has 4 heteroatoms. The lowest BCUT2D eigenvalue weighted by Gasteiger charge is -2.16. The Labute approximate surface area is 129 Å². The predicted octanol–water partition coefficient (Wildman–Crippen LogP) is 4.23. The topological polar surface area (TPSA) is 30.5 Å². The van der Waals surface area contributed by atoms with E-state index < -0.39 is 0 Å². The minimum Gasteiger partial charge on any atom is -0.454 e. The molecule has 1 N–H and O–H groups in total. The van der Waals surface area contributed by atoms with Gasteiger partial charge in [0.2, 0.25) is 6.79 Å². The van der Waals surface area contributed by atoms with Gasteiger partial charge in [-0.2, -0.15) is 0 Å². The summed E-state index contributed by atoms with van der Waals surface area (Å²) in [5, 5.41) is 4.31. The van der Waals surface area contributed by atoms with Crippen molar-refractivity contribution in [3.05, 3.63) is 58.1 Å². The van der Waals surface area contributed by atoms with Crippen molar-refractivity contribution in [2.24, 2.45) is 0 Å². The molecule has 3 nitrogen and oxygen atoms in total. The molecule has 21 heavy (non-hydrogen) atoms. The van der Waals surface area contributed by atoms with Crippen LogP contribution in [0.3, 0.4) is 0 Å². The van der Waals surface area contributed by atoms with Crippen molar-refractivity contribution in [1.29, 1.82) is 0 Å². The van der Waals surface area contributed by atoms with Crippen LogP contribution in [0.15, 0.2) is 36.4 Å². The normalized spacial score (nSPS) is 14.2. The molecule has 1 aliphatic rings. The lowest BCUT2D eigenvalue weighted by atomic mass is 10.1. The molecule has 1 atom stereocenters. The average Bonchev–Trinajstić information content (AvgIpc) is 2.93. The number of benzene rings is 2. The lowest BCUT2D eigenvalue weighted by molar-refractivity contribution is 0.174. The Kier molecular flexibility index (Phi) is 4.04. The monoisotopic (exact) mass is 303 g/mol. The Bertz CT molecular complexity index is 657. The molecule has 0 radical (unpaired) electrons. The van der Waals surface area contributed by atoms with Crippen LogP contribution in [-0.4, -0.2) is 6.79 Å². The maximum Gasteiger partial charge on any atom is 0.231 e. The highest BCUT2D eigenvalue weighted by Gasteiger charge is 2.15. The summed E-state index contributed by atoms with van der Waals surface area (Å²) in [4.78, 5) is 0. The fourth-order valence-corrected chi connectivity index (χ4v) is 2.65. The van der Waals surface area contributed by atoms with Crippen molar-refractivity contribution in [3.8, 4) is 11.5 Å². The van der Waals surface area contributed by atoms with Gasteiger partial charge in [0.05, 0.1) is 0 Å². The molecule has 0 amide bonds. The van der Waals surface area contributed by atoms with E-state index in [1.54, 1.807) is 0 Å². The van der Waals surface area contributed by atoms with E-state index in [4.69, 9.17) is 21.1 Å². The van der Waals surface area contributed by atoms with Crippen LogP contribution in [0.4, 0.5) is 0 Å². The lowest BCUT2D eigenvalue weighted by Crippen LogP contribution is -2.18. The third-order valence-corrected chi connectivity index (χ3v) is 4.04. The molecule has 1 unspecified atom stereocenters. The van der Waals surface area contributed by atoms with Gasteiger partial charge in [-0.05, 0) is 54.8 Å². The van der Waals surface area contributed by atoms with Crippen molar-refractivity contribution >= 4 is 11.6 Å². The van der Waals surface area contributed by atoms with E-state index in [0.29, 0.717) is 6.79 Å². The Morgan fingerprint density at radius 1 is 1.14 bits per heavy atom. The summed E-state index contributed by atoms with van der Waals surface area (Å²) in [5.74, 6) is 1.64. The zero-order chi connectivity index (χ0) is 14.8. The van der Waals surface area contributed by atoms with Crippen LogP contribution >= 0.6 is 11.6 Å². The molecule has 0 aromatic heterocycles. The van der Waals surface area contributed by atoms with Crippen molar-refractivity contribution in [2.45, 2.75) is 26.4 Å². The zero-order valence-corrected chi connectivity index (χ0v) is 12.9. The molecule has 2 aromatic rings. The minimum atomic E-state index is 0.231. The molecule has 0 saturated heterocycles. The standard InChI is InChI=1S/C17H18ClNO2/c1-11-7-15(18)5-3-14(11)9-19-12(2)13-4-6-16-17(8-13)21-10-20-16/h3-8,12,19H,9-10H2,1-2H3. The highest BCUT2D eigenvalue weighted by molar-refractivity contribution is 6.30. The fourth-order valence-electron chi connectivity index (χ4n) is 2.42. The first kappa shape index (κ1) is 14.2. The molecule has 0 fully saturated rings. The molecule has 1 heterocycles. The van der Waals surface area contributed by atoms with Gasteiger partial charge in [-0.25, -0.2) is 0 Å². The molecule has 1 aliphatic heterocycles. The third-order valence-electron chi connectivity index (χ3n) is 3.80. The van der Waals surface area contributed by atoms with E-state index in [1.807, 2.05) is 24.3 Å². The molecule has 0 bridgehead atoms. The molecule has 2 aromatic carbocycles. The fraction of sp³-hybridized carbons (Fsp3) is 0.294. The number of nitrogens with one attached hydrogen (secondary N) is 1. The van der Waals surface area contributed by atoms with Crippen molar-refractivity contribution in [1.82, 2.24) is 5.32 Å². The first-order chi connectivity index (χ1) is 10.1. The van der Waals surface area contributed by atoms with Gasteiger partial charge in [-0.1, -0.05) is 23.7 Å². The molecule has 0 saturated carbocycles. The van der Waals surface area contributed by atoms with E-state index in [2.05, 4.69) is 31.3 Å². The number of ether oxygens (including phenoxy) is 2. The van der Waals surface area contributed by atoms with Gasteiger partial charge in [0.1, 0.15) is 0 Å². The summed E-state index contributed by atoms with van der Waals surface area (Å²) in [6, 6.07) is 12.3. The summed E-state index contributed by atoms with van der Waals surface area (Å²) in [7, 11) is 0. The van der Waals surface area contributed by atoms with E-state index in [-0.39, 0.29) is 6.04 Å². The summed E-state index contributed by atoms with van der Waals surface area (Å²) < 4.78 is 10.8. The van der Waals surface area contributed by atoms with Gasteiger partial charge in [-0.3, -0.25) is 0 Å². The number of aryl methyl sites for hydroxylation is 1. The average molecular weight is 304 g/mol. The maximum absolute atomic E-state index is 5.98. The molecule has 0 spiro atoms. The minimum absolute atomic E-state index is 0.231. The number of rotatable bonds is 4. The summed E-state index contributed by atoms with van der Waals surface area (Å²) >= 11 is 5.98. The highest BCUT2D eigenvalue weighted by atomic mass is 35.5. The van der Waals surface area contributed by atoms with E-state index in [1.165, 1.54) is 16.7 Å². The van der Waals surface area contributed by atoms with Gasteiger partial charge >= 0.3 is 0 Å². The first-order valence-corrected chi connectivity index (χ1v) is 7.39. The first-order valence-electron chi connectivity index (χ1n) is 7.01. The molecule has 0 aliphatic carbocycles. The van der Waals surface area contributed by atoms with Gasteiger partial charge in [0, 0.05) is 17.6 Å². The molecular formula is C17H18ClNO2. The number of fused-ring (bicyclic) bond motifs is 1. The van der Waals surface area contributed by atoms with Gasteiger partial charge in [0.15, 0.2) is 11.5 Å². The SMILES string of the molecule is Cc1cc(Cl)ccc1CNC(C)c1ccc2c(c1)OCO2. The Balaban J connectivity index is 1.67. The van der Waals surface area contributed by atoms with E-state index in [0.717, 1.165) is 23.1 Å². The third kappa shape index (κ3) is 3.14. The van der Waals surface area contributed by atoms with Crippen LogP contribution in [0, 0.1) is 6.92 Å². The number of hydrogen-bond donors (Lipinski definition) is 1. The van der Waals surface area contributed by atoms with Gasteiger partial charge in [-0.15, -0.1) is 0 Å². The highest BCUT2D eigenvalue weighted by Crippen LogP contribution is 2.34. The van der Waals surface area contributed by atoms with Crippen LogP contribution in [-0.2, 0) is 6.54 Å². The second-order valence-corrected chi connectivity index (χ2v) is 5.72.